The van der Waals surface area contributed by atoms with Crippen molar-refractivity contribution >= 4 is 27.7 Å². The molecule has 1 aliphatic rings. The topological polar surface area (TPSA) is 87.7 Å². The van der Waals surface area contributed by atoms with Gasteiger partial charge in [0, 0.05) is 10.0 Å². The van der Waals surface area contributed by atoms with Gasteiger partial charge in [0.15, 0.2) is 5.78 Å². The number of benzene rings is 2. The number of carbonyl (C=O) groups excluding carboxylic acids is 2. The van der Waals surface area contributed by atoms with E-state index in [1.807, 2.05) is 0 Å². The molecule has 2 aromatic carbocycles. The van der Waals surface area contributed by atoms with E-state index in [0.29, 0.717) is 10.2 Å². The van der Waals surface area contributed by atoms with Crippen LogP contribution < -0.4 is 15.4 Å². The summed E-state index contributed by atoms with van der Waals surface area (Å²) in [7, 11) is 1.42. The summed E-state index contributed by atoms with van der Waals surface area (Å²) in [6, 6.07) is 8.81. The van der Waals surface area contributed by atoms with E-state index in [-0.39, 0.29) is 11.1 Å². The number of nitrogens with one attached hydrogen (secondary N) is 2. The predicted molar refractivity (Wildman–Crippen MR) is 100 cm³/mol. The van der Waals surface area contributed by atoms with Gasteiger partial charge in [-0.05, 0) is 29.8 Å². The van der Waals surface area contributed by atoms with E-state index in [0.717, 1.165) is 0 Å². The summed E-state index contributed by atoms with van der Waals surface area (Å²) in [6.07, 6.45) is -5.30. The van der Waals surface area contributed by atoms with Crippen LogP contribution in [-0.2, 0) is 0 Å². The standard InChI is InChI=1S/C19H16BrF3N2O4/c1-29-13-8-4-10(5-9-13)15-14(16(26)11-2-6-12(20)7-3-11)18(28,19(21,22)23)25-17(27)24-15/h2-9,14-15,28H,1H3,(H2,24,25,27)/t14-,15-,18+/m1/s1. The first-order valence-electron chi connectivity index (χ1n) is 8.38. The van der Waals surface area contributed by atoms with E-state index in [9.17, 15) is 27.9 Å². The predicted octanol–water partition coefficient (Wildman–Crippen LogP) is 3.56. The van der Waals surface area contributed by atoms with Crippen molar-refractivity contribution in [2.75, 3.05) is 7.11 Å². The minimum absolute atomic E-state index is 0.0441. The van der Waals surface area contributed by atoms with Crippen LogP contribution in [0.15, 0.2) is 53.0 Å². The molecule has 3 atom stereocenters. The highest BCUT2D eigenvalue weighted by Gasteiger charge is 2.66. The van der Waals surface area contributed by atoms with Crippen molar-refractivity contribution < 1.29 is 32.6 Å². The van der Waals surface area contributed by atoms with E-state index >= 15 is 0 Å². The van der Waals surface area contributed by atoms with Gasteiger partial charge in [-0.3, -0.25) is 4.79 Å². The Bertz CT molecular complexity index is 919. The lowest BCUT2D eigenvalue weighted by molar-refractivity contribution is -0.287. The van der Waals surface area contributed by atoms with E-state index in [1.54, 1.807) is 0 Å². The van der Waals surface area contributed by atoms with E-state index < -0.39 is 35.7 Å². The summed E-state index contributed by atoms with van der Waals surface area (Å²) in [4.78, 5) is 25.1. The monoisotopic (exact) mass is 472 g/mol. The molecule has 3 rings (SSSR count). The van der Waals surface area contributed by atoms with Gasteiger partial charge in [-0.2, -0.15) is 13.2 Å². The Morgan fingerprint density at radius 1 is 1.14 bits per heavy atom. The number of methoxy groups -OCH3 is 1. The molecule has 29 heavy (non-hydrogen) atoms. The maximum Gasteiger partial charge on any atom is 0.437 e. The second-order valence-corrected chi connectivity index (χ2v) is 7.38. The smallest absolute Gasteiger partial charge is 0.437 e. The van der Waals surface area contributed by atoms with Crippen molar-refractivity contribution in [3.05, 3.63) is 64.1 Å². The summed E-state index contributed by atoms with van der Waals surface area (Å²) in [5.74, 6) is -2.61. The van der Waals surface area contributed by atoms with Gasteiger partial charge in [-0.15, -0.1) is 0 Å². The van der Waals surface area contributed by atoms with Crippen LogP contribution in [0.5, 0.6) is 5.75 Å². The maximum atomic E-state index is 13.8. The number of ketones is 1. The third-order valence-electron chi connectivity index (χ3n) is 4.69. The third-order valence-corrected chi connectivity index (χ3v) is 5.22. The first-order chi connectivity index (χ1) is 13.6. The molecule has 2 amide bonds. The van der Waals surface area contributed by atoms with Crippen LogP contribution in [-0.4, -0.2) is 35.9 Å². The summed E-state index contributed by atoms with van der Waals surface area (Å²) in [5, 5.41) is 14.3. The molecule has 154 valence electrons. The number of carbonyl (C=O) groups is 2. The Labute approximate surface area is 172 Å². The number of rotatable bonds is 4. The molecule has 0 radical (unpaired) electrons. The molecular weight excluding hydrogens is 457 g/mol. The molecule has 2 aromatic rings. The van der Waals surface area contributed by atoms with Crippen LogP contribution in [0.4, 0.5) is 18.0 Å². The zero-order chi connectivity index (χ0) is 21.4. The number of Topliss-reactive ketones (excluding diaryl/α,β-unsaturated/α-hetero) is 1. The summed E-state index contributed by atoms with van der Waals surface area (Å²) >= 11 is 3.19. The summed E-state index contributed by atoms with van der Waals surface area (Å²) in [5.41, 5.74) is -3.60. The highest BCUT2D eigenvalue weighted by molar-refractivity contribution is 9.10. The van der Waals surface area contributed by atoms with Crippen LogP contribution in [0.1, 0.15) is 22.0 Å². The Morgan fingerprint density at radius 2 is 1.72 bits per heavy atom. The average molecular weight is 473 g/mol. The maximum absolute atomic E-state index is 13.8. The van der Waals surface area contributed by atoms with Crippen molar-refractivity contribution in [3.8, 4) is 5.75 Å². The number of hydrogen-bond donors (Lipinski definition) is 3. The van der Waals surface area contributed by atoms with Gasteiger partial charge in [-0.1, -0.05) is 40.2 Å². The minimum Gasteiger partial charge on any atom is -0.497 e. The van der Waals surface area contributed by atoms with Crippen LogP contribution in [0.3, 0.4) is 0 Å². The number of amides is 2. The van der Waals surface area contributed by atoms with Crippen LogP contribution in [0.25, 0.3) is 0 Å². The van der Waals surface area contributed by atoms with E-state index in [2.05, 4.69) is 21.2 Å². The molecule has 0 unspecified atom stereocenters. The molecule has 1 aliphatic heterocycles. The molecule has 0 bridgehead atoms. The molecule has 10 heteroatoms. The zero-order valence-corrected chi connectivity index (χ0v) is 16.5. The molecule has 1 saturated heterocycles. The largest absolute Gasteiger partial charge is 0.497 e. The number of alkyl halides is 3. The fourth-order valence-corrected chi connectivity index (χ4v) is 3.49. The number of hydrogen-bond acceptors (Lipinski definition) is 4. The lowest BCUT2D eigenvalue weighted by Gasteiger charge is -2.45. The normalized spacial score (nSPS) is 24.4. The number of ether oxygens (including phenoxy) is 1. The molecule has 6 nitrogen and oxygen atoms in total. The molecule has 1 heterocycles. The number of urea groups is 1. The fourth-order valence-electron chi connectivity index (χ4n) is 3.22. The third kappa shape index (κ3) is 3.95. The highest BCUT2D eigenvalue weighted by atomic mass is 79.9. The van der Waals surface area contributed by atoms with Crippen molar-refractivity contribution in [1.29, 1.82) is 0 Å². The lowest BCUT2D eigenvalue weighted by atomic mass is 9.77. The fraction of sp³-hybridized carbons (Fsp3) is 0.263. The Morgan fingerprint density at radius 3 is 2.24 bits per heavy atom. The minimum atomic E-state index is -5.30. The Kier molecular flexibility index (Phi) is 5.59. The first-order valence-corrected chi connectivity index (χ1v) is 9.17. The number of halogens is 4. The van der Waals surface area contributed by atoms with Crippen LogP contribution in [0, 0.1) is 5.92 Å². The van der Waals surface area contributed by atoms with E-state index in [1.165, 1.54) is 61.0 Å². The zero-order valence-electron chi connectivity index (χ0n) is 15.0. The quantitative estimate of drug-likeness (QED) is 0.593. The van der Waals surface area contributed by atoms with Crippen molar-refractivity contribution in [2.45, 2.75) is 17.9 Å². The van der Waals surface area contributed by atoms with Gasteiger partial charge in [0.2, 0.25) is 5.72 Å². The van der Waals surface area contributed by atoms with Gasteiger partial charge in [0.05, 0.1) is 13.2 Å². The number of aliphatic hydroxyl groups is 1. The van der Waals surface area contributed by atoms with E-state index in [4.69, 9.17) is 4.74 Å². The first kappa shape index (κ1) is 21.1. The van der Waals surface area contributed by atoms with Crippen molar-refractivity contribution in [3.63, 3.8) is 0 Å². The van der Waals surface area contributed by atoms with Gasteiger partial charge < -0.3 is 20.5 Å². The molecule has 1 fully saturated rings. The van der Waals surface area contributed by atoms with Crippen molar-refractivity contribution in [1.82, 2.24) is 10.6 Å². The molecule has 3 N–H and O–H groups in total. The second-order valence-electron chi connectivity index (χ2n) is 6.46. The Balaban J connectivity index is 2.13. The van der Waals surface area contributed by atoms with Gasteiger partial charge in [-0.25, -0.2) is 4.79 Å². The summed E-state index contributed by atoms with van der Waals surface area (Å²) in [6.45, 7) is 0. The van der Waals surface area contributed by atoms with Gasteiger partial charge >= 0.3 is 12.2 Å². The van der Waals surface area contributed by atoms with Gasteiger partial charge in [0.1, 0.15) is 11.7 Å². The molecule has 0 spiro atoms. The summed E-state index contributed by atoms with van der Waals surface area (Å²) < 4.78 is 47.1. The highest BCUT2D eigenvalue weighted by Crippen LogP contribution is 2.44. The molecule has 0 aromatic heterocycles. The Hall–Kier alpha value is -2.59. The molecule has 0 saturated carbocycles. The second kappa shape index (κ2) is 7.68. The lowest BCUT2D eigenvalue weighted by Crippen LogP contribution is -2.72. The van der Waals surface area contributed by atoms with Crippen LogP contribution >= 0.6 is 15.9 Å². The van der Waals surface area contributed by atoms with Crippen molar-refractivity contribution in [2.24, 2.45) is 5.92 Å². The molecular formula is C19H16BrF3N2O4. The average Bonchev–Trinajstić information content (AvgIpc) is 2.67. The molecule has 0 aliphatic carbocycles. The van der Waals surface area contributed by atoms with Crippen LogP contribution in [0.2, 0.25) is 0 Å². The van der Waals surface area contributed by atoms with Gasteiger partial charge in [0.25, 0.3) is 0 Å². The SMILES string of the molecule is COc1ccc([C@H]2NC(=O)N[C@@](O)(C(F)(F)F)[C@H]2C(=O)c2ccc(Br)cc2)cc1.